The fraction of sp³-hybridized carbons (Fsp3) is 0.684. The third-order valence-corrected chi connectivity index (χ3v) is 4.51. The Kier molecular flexibility index (Phi) is 6.45. The predicted octanol–water partition coefficient (Wildman–Crippen LogP) is 2.36. The van der Waals surface area contributed by atoms with Crippen LogP contribution in [0.15, 0.2) is 24.3 Å². The number of likely N-dealkylation sites (N-methyl/N-ethyl adjacent to an activating group) is 1. The van der Waals surface area contributed by atoms with Gasteiger partial charge in [-0.05, 0) is 23.6 Å². The van der Waals surface area contributed by atoms with Crippen LogP contribution in [0.4, 0.5) is 0 Å². The first-order valence-corrected chi connectivity index (χ1v) is 8.75. The highest BCUT2D eigenvalue weighted by molar-refractivity contribution is 5.38. The van der Waals surface area contributed by atoms with E-state index in [2.05, 4.69) is 43.6 Å². The van der Waals surface area contributed by atoms with E-state index in [1.54, 1.807) is 0 Å². The summed E-state index contributed by atoms with van der Waals surface area (Å²) in [7, 11) is 0. The minimum Gasteiger partial charge on any atom is -0.491 e. The average Bonchev–Trinajstić information content (AvgIpc) is 2.53. The van der Waals surface area contributed by atoms with Crippen LogP contribution in [0.25, 0.3) is 0 Å². The Morgan fingerprint density at radius 2 is 1.70 bits per heavy atom. The van der Waals surface area contributed by atoms with Gasteiger partial charge in [-0.25, -0.2) is 0 Å². The zero-order valence-corrected chi connectivity index (χ0v) is 15.1. The Morgan fingerprint density at radius 3 is 2.30 bits per heavy atom. The maximum absolute atomic E-state index is 10.3. The second-order valence-electron chi connectivity index (χ2n) is 7.45. The number of hydrogen-bond acceptors (Lipinski definition) is 4. The molecule has 0 unspecified atom stereocenters. The van der Waals surface area contributed by atoms with E-state index in [1.807, 2.05) is 18.2 Å². The third kappa shape index (κ3) is 5.48. The van der Waals surface area contributed by atoms with Crippen molar-refractivity contribution in [2.75, 3.05) is 45.9 Å². The molecule has 1 aromatic rings. The van der Waals surface area contributed by atoms with Gasteiger partial charge >= 0.3 is 0 Å². The number of β-amino-alcohol motifs (C(OH)–C–C–N with tert-alkyl or cyclic N) is 1. The zero-order chi connectivity index (χ0) is 16.9. The number of hydrogen-bond donors (Lipinski definition) is 1. The van der Waals surface area contributed by atoms with Crippen LogP contribution >= 0.6 is 0 Å². The molecule has 23 heavy (non-hydrogen) atoms. The molecular weight excluding hydrogens is 288 g/mol. The second kappa shape index (κ2) is 8.13. The predicted molar refractivity (Wildman–Crippen MR) is 95.2 cm³/mol. The number of piperazine rings is 1. The monoisotopic (exact) mass is 320 g/mol. The van der Waals surface area contributed by atoms with Gasteiger partial charge < -0.3 is 14.7 Å². The summed E-state index contributed by atoms with van der Waals surface area (Å²) in [5, 5.41) is 10.3. The molecule has 1 aliphatic heterocycles. The van der Waals surface area contributed by atoms with Crippen molar-refractivity contribution < 1.29 is 9.84 Å². The molecule has 130 valence electrons. The number of aliphatic hydroxyl groups is 1. The molecule has 4 nitrogen and oxygen atoms in total. The maximum Gasteiger partial charge on any atom is 0.123 e. The van der Waals surface area contributed by atoms with Gasteiger partial charge in [0.15, 0.2) is 0 Å². The minimum absolute atomic E-state index is 0.0397. The number of para-hydroxylation sites is 1. The quantitative estimate of drug-likeness (QED) is 0.873. The molecule has 4 heteroatoms. The molecule has 0 aromatic heterocycles. The van der Waals surface area contributed by atoms with Gasteiger partial charge in [0.1, 0.15) is 18.5 Å². The van der Waals surface area contributed by atoms with E-state index in [-0.39, 0.29) is 5.41 Å². The molecule has 0 saturated carbocycles. The van der Waals surface area contributed by atoms with E-state index in [0.29, 0.717) is 13.2 Å². The summed E-state index contributed by atoms with van der Waals surface area (Å²) in [5.41, 5.74) is 1.22. The summed E-state index contributed by atoms with van der Waals surface area (Å²) < 4.78 is 5.92. The summed E-state index contributed by atoms with van der Waals surface area (Å²) in [6.45, 7) is 15.1. The van der Waals surface area contributed by atoms with E-state index in [1.165, 1.54) is 5.56 Å². The number of rotatable bonds is 6. The minimum atomic E-state index is -0.448. The topological polar surface area (TPSA) is 35.9 Å². The van der Waals surface area contributed by atoms with Gasteiger partial charge in [0.25, 0.3) is 0 Å². The molecule has 1 N–H and O–H groups in total. The highest BCUT2D eigenvalue weighted by Gasteiger charge is 2.21. The summed E-state index contributed by atoms with van der Waals surface area (Å²) in [6, 6.07) is 8.12. The molecule has 1 atom stereocenters. The average molecular weight is 320 g/mol. The van der Waals surface area contributed by atoms with Gasteiger partial charge in [0.05, 0.1) is 0 Å². The van der Waals surface area contributed by atoms with Crippen LogP contribution in [0.1, 0.15) is 33.3 Å². The number of ether oxygens (including phenoxy) is 1. The Bertz CT molecular complexity index is 477. The summed E-state index contributed by atoms with van der Waals surface area (Å²) in [4.78, 5) is 4.77. The zero-order valence-electron chi connectivity index (χ0n) is 15.1. The fourth-order valence-electron chi connectivity index (χ4n) is 3.04. The molecule has 1 fully saturated rings. The van der Waals surface area contributed by atoms with Crippen molar-refractivity contribution in [1.29, 1.82) is 0 Å². The van der Waals surface area contributed by atoms with Crippen molar-refractivity contribution >= 4 is 0 Å². The molecule has 0 radical (unpaired) electrons. The van der Waals surface area contributed by atoms with Crippen LogP contribution in [0.2, 0.25) is 0 Å². The highest BCUT2D eigenvalue weighted by Crippen LogP contribution is 2.30. The molecule has 1 saturated heterocycles. The van der Waals surface area contributed by atoms with Crippen LogP contribution in [-0.4, -0.2) is 66.9 Å². The van der Waals surface area contributed by atoms with Crippen molar-refractivity contribution in [3.8, 4) is 5.75 Å². The van der Waals surface area contributed by atoms with E-state index in [9.17, 15) is 5.11 Å². The molecular formula is C19H32N2O2. The largest absolute Gasteiger partial charge is 0.491 e. The van der Waals surface area contributed by atoms with Gasteiger partial charge in [0.2, 0.25) is 0 Å². The van der Waals surface area contributed by atoms with E-state index < -0.39 is 6.10 Å². The molecule has 0 bridgehead atoms. The van der Waals surface area contributed by atoms with Gasteiger partial charge in [0, 0.05) is 32.7 Å². The third-order valence-electron chi connectivity index (χ3n) is 4.51. The molecule has 0 amide bonds. The first-order valence-electron chi connectivity index (χ1n) is 8.75. The van der Waals surface area contributed by atoms with Gasteiger partial charge in [-0.1, -0.05) is 45.9 Å². The van der Waals surface area contributed by atoms with Gasteiger partial charge in [-0.3, -0.25) is 4.90 Å². The smallest absolute Gasteiger partial charge is 0.123 e. The lowest BCUT2D eigenvalue weighted by atomic mass is 9.86. The Hall–Kier alpha value is -1.10. The number of benzene rings is 1. The standard InChI is InChI=1S/C19H32N2O2/c1-5-20-10-12-21(13-11-20)14-16(22)15-23-18-9-7-6-8-17(18)19(2,3)4/h6-9,16,22H,5,10-15H2,1-4H3/t16-/m1/s1. The van der Waals surface area contributed by atoms with Crippen molar-refractivity contribution in [1.82, 2.24) is 9.80 Å². The van der Waals surface area contributed by atoms with Crippen molar-refractivity contribution in [2.45, 2.75) is 39.2 Å². The lowest BCUT2D eigenvalue weighted by Crippen LogP contribution is -2.49. The first kappa shape index (κ1) is 18.2. The van der Waals surface area contributed by atoms with Crippen molar-refractivity contribution in [2.24, 2.45) is 0 Å². The van der Waals surface area contributed by atoms with E-state index >= 15 is 0 Å². The highest BCUT2D eigenvalue weighted by atomic mass is 16.5. The number of nitrogens with zero attached hydrogens (tertiary/aromatic N) is 2. The molecule has 1 heterocycles. The first-order chi connectivity index (χ1) is 10.9. The van der Waals surface area contributed by atoms with Crippen molar-refractivity contribution in [3.05, 3.63) is 29.8 Å². The van der Waals surface area contributed by atoms with Crippen LogP contribution in [-0.2, 0) is 5.41 Å². The SMILES string of the molecule is CCN1CCN(C[C@@H](O)COc2ccccc2C(C)(C)C)CC1. The Labute approximate surface area is 141 Å². The van der Waals surface area contributed by atoms with E-state index in [0.717, 1.165) is 38.5 Å². The maximum atomic E-state index is 10.3. The van der Waals surface area contributed by atoms with Crippen LogP contribution in [0.5, 0.6) is 5.75 Å². The van der Waals surface area contributed by atoms with Crippen LogP contribution < -0.4 is 4.74 Å². The van der Waals surface area contributed by atoms with Crippen LogP contribution in [0, 0.1) is 0 Å². The Morgan fingerprint density at radius 1 is 1.09 bits per heavy atom. The van der Waals surface area contributed by atoms with Crippen LogP contribution in [0.3, 0.4) is 0 Å². The molecule has 0 aliphatic carbocycles. The number of aliphatic hydroxyl groups excluding tert-OH is 1. The molecule has 2 rings (SSSR count). The summed E-state index contributed by atoms with van der Waals surface area (Å²) >= 11 is 0. The molecule has 1 aliphatic rings. The van der Waals surface area contributed by atoms with Gasteiger partial charge in [-0.2, -0.15) is 0 Å². The Balaban J connectivity index is 1.82. The fourth-order valence-corrected chi connectivity index (χ4v) is 3.04. The van der Waals surface area contributed by atoms with E-state index in [4.69, 9.17) is 4.74 Å². The molecule has 0 spiro atoms. The summed E-state index contributed by atoms with van der Waals surface area (Å²) in [6.07, 6.45) is -0.448. The lowest BCUT2D eigenvalue weighted by molar-refractivity contribution is 0.0466. The second-order valence-corrected chi connectivity index (χ2v) is 7.45. The van der Waals surface area contributed by atoms with Crippen molar-refractivity contribution in [3.63, 3.8) is 0 Å². The normalized spacial score (nSPS) is 18.8. The molecule has 1 aromatic carbocycles. The summed E-state index contributed by atoms with van der Waals surface area (Å²) in [5.74, 6) is 0.884. The lowest BCUT2D eigenvalue weighted by Gasteiger charge is -2.35. The van der Waals surface area contributed by atoms with Gasteiger partial charge in [-0.15, -0.1) is 0 Å².